The molecule has 1 rings (SSSR count). The van der Waals surface area contributed by atoms with E-state index in [1.54, 1.807) is 6.07 Å². The van der Waals surface area contributed by atoms with Crippen molar-refractivity contribution in [1.29, 1.82) is 0 Å². The maximum Gasteiger partial charge on any atom is 0.181 e. The van der Waals surface area contributed by atoms with Crippen molar-refractivity contribution >= 4 is 16.1 Å². The Morgan fingerprint density at radius 1 is 1.29 bits per heavy atom. The summed E-state index contributed by atoms with van der Waals surface area (Å²) in [5.74, 6) is -0.363. The first-order valence-corrected chi connectivity index (χ1v) is 5.65. The van der Waals surface area contributed by atoms with Crippen molar-refractivity contribution in [2.45, 2.75) is 4.90 Å². The maximum absolute atomic E-state index is 11.5. The predicted octanol–water partition coefficient (Wildman–Crippen LogP) is 0.265. The van der Waals surface area contributed by atoms with E-state index in [1.165, 1.54) is 18.2 Å². The Morgan fingerprint density at radius 2 is 1.93 bits per heavy atom. The van der Waals surface area contributed by atoms with E-state index in [1.807, 2.05) is 0 Å². The summed E-state index contributed by atoms with van der Waals surface area (Å²) in [6.45, 7) is -0.449. The van der Waals surface area contributed by atoms with E-state index in [0.29, 0.717) is 6.29 Å². The summed E-state index contributed by atoms with van der Waals surface area (Å²) in [4.78, 5) is 10.5. The van der Waals surface area contributed by atoms with Gasteiger partial charge in [-0.25, -0.2) is 8.42 Å². The normalized spacial score (nSPS) is 11.2. The molecule has 14 heavy (non-hydrogen) atoms. The lowest BCUT2D eigenvalue weighted by Gasteiger charge is -2.04. The fourth-order valence-electron chi connectivity index (χ4n) is 1.09. The van der Waals surface area contributed by atoms with Gasteiger partial charge < -0.3 is 5.11 Å². The minimum absolute atomic E-state index is 0.0240. The zero-order valence-electron chi connectivity index (χ0n) is 7.38. The number of carbonyl (C=O) groups is 1. The van der Waals surface area contributed by atoms with Gasteiger partial charge in [-0.05, 0) is 6.07 Å². The second kappa shape index (κ2) is 4.34. The van der Waals surface area contributed by atoms with E-state index in [4.69, 9.17) is 5.11 Å². The topological polar surface area (TPSA) is 71.4 Å². The molecule has 0 saturated carbocycles. The Kier molecular flexibility index (Phi) is 3.38. The average Bonchev–Trinajstić information content (AvgIpc) is 2.18. The van der Waals surface area contributed by atoms with Gasteiger partial charge >= 0.3 is 0 Å². The molecule has 0 fully saturated rings. The highest BCUT2D eigenvalue weighted by Gasteiger charge is 2.16. The molecule has 0 saturated heterocycles. The lowest BCUT2D eigenvalue weighted by atomic mass is 10.2. The van der Waals surface area contributed by atoms with Crippen LogP contribution in [0.4, 0.5) is 0 Å². The number of hydrogen-bond donors (Lipinski definition) is 1. The molecule has 0 unspecified atom stereocenters. The Balaban J connectivity index is 3.25. The maximum atomic E-state index is 11.5. The quantitative estimate of drug-likeness (QED) is 0.730. The van der Waals surface area contributed by atoms with E-state index < -0.39 is 16.4 Å². The molecule has 1 N–H and O–H groups in total. The van der Waals surface area contributed by atoms with Crippen molar-refractivity contribution in [1.82, 2.24) is 0 Å². The zero-order valence-corrected chi connectivity index (χ0v) is 8.20. The van der Waals surface area contributed by atoms with Crippen LogP contribution in [0.2, 0.25) is 0 Å². The van der Waals surface area contributed by atoms with Crippen LogP contribution in [-0.4, -0.2) is 32.2 Å². The number of aliphatic hydroxyl groups excluding tert-OH is 1. The van der Waals surface area contributed by atoms with Gasteiger partial charge in [-0.1, -0.05) is 18.2 Å². The number of sulfone groups is 1. The number of benzene rings is 1. The molecule has 0 amide bonds. The lowest BCUT2D eigenvalue weighted by Crippen LogP contribution is -2.12. The van der Waals surface area contributed by atoms with Crippen molar-refractivity contribution in [2.75, 3.05) is 12.4 Å². The molecular formula is C9H10O4S. The Morgan fingerprint density at radius 3 is 2.50 bits per heavy atom. The minimum Gasteiger partial charge on any atom is -0.395 e. The summed E-state index contributed by atoms with van der Waals surface area (Å²) >= 11 is 0. The summed E-state index contributed by atoms with van der Waals surface area (Å²) in [5.41, 5.74) is 0.126. The zero-order chi connectivity index (χ0) is 10.6. The number of aldehydes is 1. The van der Waals surface area contributed by atoms with Gasteiger partial charge in [0, 0.05) is 5.56 Å². The first-order chi connectivity index (χ1) is 6.61. The Labute approximate surface area is 82.1 Å². The number of hydrogen-bond acceptors (Lipinski definition) is 4. The highest BCUT2D eigenvalue weighted by molar-refractivity contribution is 7.91. The molecule has 1 aromatic carbocycles. The van der Waals surface area contributed by atoms with Gasteiger partial charge in [0.2, 0.25) is 0 Å². The van der Waals surface area contributed by atoms with Crippen LogP contribution >= 0.6 is 0 Å². The Hall–Kier alpha value is -1.20. The highest BCUT2D eigenvalue weighted by Crippen LogP contribution is 2.14. The molecule has 76 valence electrons. The highest BCUT2D eigenvalue weighted by atomic mass is 32.2. The van der Waals surface area contributed by atoms with Crippen molar-refractivity contribution in [3.05, 3.63) is 29.8 Å². The number of carbonyl (C=O) groups excluding carboxylic acids is 1. The van der Waals surface area contributed by atoms with E-state index in [0.717, 1.165) is 0 Å². The fraction of sp³-hybridized carbons (Fsp3) is 0.222. The SMILES string of the molecule is O=Cc1ccccc1S(=O)(=O)CCO. The predicted molar refractivity (Wildman–Crippen MR) is 51.0 cm³/mol. The second-order valence-electron chi connectivity index (χ2n) is 2.70. The summed E-state index contributed by atoms with van der Waals surface area (Å²) < 4.78 is 23.0. The molecule has 4 nitrogen and oxygen atoms in total. The van der Waals surface area contributed by atoms with Gasteiger partial charge in [-0.2, -0.15) is 0 Å². The molecule has 0 heterocycles. The molecular weight excluding hydrogens is 204 g/mol. The monoisotopic (exact) mass is 214 g/mol. The van der Waals surface area contributed by atoms with Gasteiger partial charge in [-0.3, -0.25) is 4.79 Å². The van der Waals surface area contributed by atoms with Crippen molar-refractivity contribution in [3.8, 4) is 0 Å². The first-order valence-electron chi connectivity index (χ1n) is 3.99. The number of aliphatic hydroxyl groups is 1. The molecule has 0 aliphatic carbocycles. The molecule has 5 heteroatoms. The summed E-state index contributed by atoms with van der Waals surface area (Å²) in [7, 11) is -3.53. The summed E-state index contributed by atoms with van der Waals surface area (Å²) in [5, 5.41) is 8.56. The van der Waals surface area contributed by atoms with Crippen LogP contribution in [0.15, 0.2) is 29.2 Å². The van der Waals surface area contributed by atoms with Gasteiger partial charge in [0.05, 0.1) is 17.3 Å². The lowest BCUT2D eigenvalue weighted by molar-refractivity contribution is 0.112. The summed E-state index contributed by atoms with van der Waals surface area (Å²) in [6, 6.07) is 5.91. The van der Waals surface area contributed by atoms with Crippen LogP contribution in [0.1, 0.15) is 10.4 Å². The van der Waals surface area contributed by atoms with Crippen molar-refractivity contribution in [3.63, 3.8) is 0 Å². The molecule has 0 spiro atoms. The van der Waals surface area contributed by atoms with Crippen LogP contribution in [-0.2, 0) is 9.84 Å². The smallest absolute Gasteiger partial charge is 0.181 e. The molecule has 0 aliphatic rings. The first kappa shape index (κ1) is 10.9. The van der Waals surface area contributed by atoms with Gasteiger partial charge in [-0.15, -0.1) is 0 Å². The molecule has 0 bridgehead atoms. The van der Waals surface area contributed by atoms with Gasteiger partial charge in [0.1, 0.15) is 0 Å². The second-order valence-corrected chi connectivity index (χ2v) is 4.78. The van der Waals surface area contributed by atoms with E-state index in [-0.39, 0.29) is 16.2 Å². The third kappa shape index (κ3) is 2.18. The van der Waals surface area contributed by atoms with Gasteiger partial charge in [0.25, 0.3) is 0 Å². The van der Waals surface area contributed by atoms with E-state index >= 15 is 0 Å². The van der Waals surface area contributed by atoms with Gasteiger partial charge in [0.15, 0.2) is 16.1 Å². The third-order valence-corrected chi connectivity index (χ3v) is 3.50. The van der Waals surface area contributed by atoms with Crippen LogP contribution < -0.4 is 0 Å². The molecule has 0 aliphatic heterocycles. The van der Waals surface area contributed by atoms with E-state index in [2.05, 4.69) is 0 Å². The van der Waals surface area contributed by atoms with E-state index in [9.17, 15) is 13.2 Å². The van der Waals surface area contributed by atoms with Crippen molar-refractivity contribution in [2.24, 2.45) is 0 Å². The van der Waals surface area contributed by atoms with Crippen LogP contribution in [0.25, 0.3) is 0 Å². The molecule has 1 aromatic rings. The third-order valence-electron chi connectivity index (χ3n) is 1.74. The standard InChI is InChI=1S/C9H10O4S/c10-5-6-14(12,13)9-4-2-1-3-8(9)7-11/h1-4,7,10H,5-6H2. The minimum atomic E-state index is -3.53. The van der Waals surface area contributed by atoms with Crippen LogP contribution in [0.5, 0.6) is 0 Å². The molecule has 0 atom stereocenters. The summed E-state index contributed by atoms with van der Waals surface area (Å²) in [6.07, 6.45) is 0.490. The van der Waals surface area contributed by atoms with Crippen LogP contribution in [0, 0.1) is 0 Å². The number of rotatable bonds is 4. The van der Waals surface area contributed by atoms with Crippen molar-refractivity contribution < 1.29 is 18.3 Å². The molecule has 0 radical (unpaired) electrons. The Bertz CT molecular complexity index is 422. The largest absolute Gasteiger partial charge is 0.395 e. The average molecular weight is 214 g/mol. The fourth-order valence-corrected chi connectivity index (χ4v) is 2.31. The van der Waals surface area contributed by atoms with Crippen LogP contribution in [0.3, 0.4) is 0 Å². The molecule has 0 aromatic heterocycles.